The Kier molecular flexibility index (Phi) is 3.54. The molecule has 1 saturated heterocycles. The van der Waals surface area contributed by atoms with Crippen LogP contribution in [-0.2, 0) is 9.47 Å². The molecule has 0 aromatic carbocycles. The van der Waals surface area contributed by atoms with Gasteiger partial charge in [0.2, 0.25) is 0 Å². The second kappa shape index (κ2) is 5.50. The molecule has 0 amide bonds. The molecular formula is C14H14N4O3. The van der Waals surface area contributed by atoms with E-state index in [1.165, 1.54) is 16.8 Å². The minimum absolute atomic E-state index is 0.0661. The van der Waals surface area contributed by atoms with Crippen LogP contribution in [0.2, 0.25) is 0 Å². The standard InChI is InChI=1S/C14H14N4O3/c1-2-21-14(19)11-3-5-16-13-10(7-15)12(17-18(11)13)9-4-6-20-8-9/h3,5,9H,2,4,6,8H2,1H3. The summed E-state index contributed by atoms with van der Waals surface area (Å²) in [6, 6.07) is 3.68. The van der Waals surface area contributed by atoms with E-state index in [1.54, 1.807) is 6.92 Å². The zero-order chi connectivity index (χ0) is 14.8. The van der Waals surface area contributed by atoms with Gasteiger partial charge in [0, 0.05) is 18.7 Å². The van der Waals surface area contributed by atoms with Crippen molar-refractivity contribution in [1.82, 2.24) is 14.6 Å². The summed E-state index contributed by atoms with van der Waals surface area (Å²) in [6.07, 6.45) is 2.30. The van der Waals surface area contributed by atoms with Gasteiger partial charge < -0.3 is 9.47 Å². The fourth-order valence-corrected chi connectivity index (χ4v) is 2.46. The normalized spacial score (nSPS) is 17.8. The summed E-state index contributed by atoms with van der Waals surface area (Å²) in [5, 5.41) is 13.8. The van der Waals surface area contributed by atoms with Gasteiger partial charge in [-0.25, -0.2) is 14.3 Å². The minimum atomic E-state index is -0.480. The monoisotopic (exact) mass is 286 g/mol. The van der Waals surface area contributed by atoms with Gasteiger partial charge in [0.05, 0.1) is 18.9 Å². The first kappa shape index (κ1) is 13.5. The lowest BCUT2D eigenvalue weighted by Crippen LogP contribution is -2.11. The largest absolute Gasteiger partial charge is 0.461 e. The Morgan fingerprint density at radius 2 is 2.52 bits per heavy atom. The van der Waals surface area contributed by atoms with Crippen molar-refractivity contribution in [1.29, 1.82) is 5.26 Å². The molecular weight excluding hydrogens is 272 g/mol. The van der Waals surface area contributed by atoms with Crippen LogP contribution in [0.1, 0.15) is 41.0 Å². The van der Waals surface area contributed by atoms with Gasteiger partial charge in [0.15, 0.2) is 11.3 Å². The first-order valence-electron chi connectivity index (χ1n) is 6.78. The van der Waals surface area contributed by atoms with Crippen molar-refractivity contribution < 1.29 is 14.3 Å². The highest BCUT2D eigenvalue weighted by atomic mass is 16.5. The molecule has 0 spiro atoms. The van der Waals surface area contributed by atoms with Crippen LogP contribution in [-0.4, -0.2) is 40.4 Å². The predicted octanol–water partition coefficient (Wildman–Crippen LogP) is 1.28. The molecule has 0 saturated carbocycles. The van der Waals surface area contributed by atoms with Crippen molar-refractivity contribution in [3.05, 3.63) is 29.2 Å². The number of carbonyl (C=O) groups is 1. The van der Waals surface area contributed by atoms with E-state index >= 15 is 0 Å². The number of rotatable bonds is 3. The van der Waals surface area contributed by atoms with Crippen LogP contribution in [0.4, 0.5) is 0 Å². The zero-order valence-corrected chi connectivity index (χ0v) is 11.6. The summed E-state index contributed by atoms with van der Waals surface area (Å²) < 4.78 is 11.8. The lowest BCUT2D eigenvalue weighted by atomic mass is 10.0. The van der Waals surface area contributed by atoms with Crippen LogP contribution < -0.4 is 0 Å². The van der Waals surface area contributed by atoms with Crippen molar-refractivity contribution >= 4 is 11.6 Å². The number of ether oxygens (including phenoxy) is 2. The van der Waals surface area contributed by atoms with Crippen LogP contribution in [0.25, 0.3) is 5.65 Å². The van der Waals surface area contributed by atoms with Gasteiger partial charge in [0.1, 0.15) is 11.6 Å². The first-order valence-corrected chi connectivity index (χ1v) is 6.78. The van der Waals surface area contributed by atoms with Crippen LogP contribution in [0.15, 0.2) is 12.3 Å². The molecule has 108 valence electrons. The zero-order valence-electron chi connectivity index (χ0n) is 11.6. The molecule has 7 nitrogen and oxygen atoms in total. The summed E-state index contributed by atoms with van der Waals surface area (Å²) in [7, 11) is 0. The van der Waals surface area contributed by atoms with E-state index in [2.05, 4.69) is 16.2 Å². The second-order valence-corrected chi connectivity index (χ2v) is 4.72. The van der Waals surface area contributed by atoms with Crippen LogP contribution >= 0.6 is 0 Å². The molecule has 3 heterocycles. The van der Waals surface area contributed by atoms with Gasteiger partial charge in [-0.3, -0.25) is 0 Å². The Balaban J connectivity index is 2.16. The van der Waals surface area contributed by atoms with E-state index in [9.17, 15) is 10.1 Å². The number of nitriles is 1. The Morgan fingerprint density at radius 1 is 1.67 bits per heavy atom. The summed E-state index contributed by atoms with van der Waals surface area (Å²) >= 11 is 0. The van der Waals surface area contributed by atoms with E-state index < -0.39 is 5.97 Å². The number of esters is 1. The van der Waals surface area contributed by atoms with Crippen LogP contribution in [0, 0.1) is 11.3 Å². The molecule has 0 radical (unpaired) electrons. The van der Waals surface area contributed by atoms with Gasteiger partial charge in [-0.05, 0) is 19.4 Å². The van der Waals surface area contributed by atoms with E-state index in [4.69, 9.17) is 9.47 Å². The number of hydrogen-bond acceptors (Lipinski definition) is 6. The van der Waals surface area contributed by atoms with E-state index in [0.29, 0.717) is 30.1 Å². The minimum Gasteiger partial charge on any atom is -0.461 e. The average molecular weight is 286 g/mol. The molecule has 1 aliphatic heterocycles. The van der Waals surface area contributed by atoms with Crippen LogP contribution in [0.5, 0.6) is 0 Å². The third-order valence-corrected chi connectivity index (χ3v) is 3.46. The third-order valence-electron chi connectivity index (χ3n) is 3.46. The Labute approximate surface area is 121 Å². The van der Waals surface area contributed by atoms with Crippen molar-refractivity contribution in [3.8, 4) is 6.07 Å². The molecule has 2 aromatic heterocycles. The summed E-state index contributed by atoms with van der Waals surface area (Å²) in [6.45, 7) is 3.20. The molecule has 0 bridgehead atoms. The highest BCUT2D eigenvalue weighted by Gasteiger charge is 2.27. The number of nitrogens with zero attached hydrogens (tertiary/aromatic N) is 4. The molecule has 3 rings (SSSR count). The molecule has 1 unspecified atom stereocenters. The van der Waals surface area contributed by atoms with Gasteiger partial charge in [0.25, 0.3) is 0 Å². The third kappa shape index (κ3) is 2.23. The van der Waals surface area contributed by atoms with Gasteiger partial charge in [-0.2, -0.15) is 10.4 Å². The maximum atomic E-state index is 12.0. The second-order valence-electron chi connectivity index (χ2n) is 4.72. The quantitative estimate of drug-likeness (QED) is 0.790. The maximum absolute atomic E-state index is 12.0. The van der Waals surface area contributed by atoms with Crippen LogP contribution in [0.3, 0.4) is 0 Å². The molecule has 1 fully saturated rings. The summed E-state index contributed by atoms with van der Waals surface area (Å²) in [5.74, 6) is -0.414. The average Bonchev–Trinajstić information content (AvgIpc) is 3.13. The summed E-state index contributed by atoms with van der Waals surface area (Å²) in [4.78, 5) is 16.1. The number of aromatic nitrogens is 3. The maximum Gasteiger partial charge on any atom is 0.357 e. The Morgan fingerprint density at radius 3 is 3.19 bits per heavy atom. The predicted molar refractivity (Wildman–Crippen MR) is 71.8 cm³/mol. The SMILES string of the molecule is CCOC(=O)c1ccnc2c(C#N)c(C3CCOC3)nn12. The molecule has 7 heteroatoms. The highest BCUT2D eigenvalue weighted by Crippen LogP contribution is 2.28. The van der Waals surface area contributed by atoms with Gasteiger partial charge >= 0.3 is 5.97 Å². The van der Waals surface area contributed by atoms with Gasteiger partial charge in [-0.1, -0.05) is 0 Å². The lowest BCUT2D eigenvalue weighted by molar-refractivity contribution is 0.0516. The first-order chi connectivity index (χ1) is 10.3. The fraction of sp³-hybridized carbons (Fsp3) is 0.429. The number of fused-ring (bicyclic) bond motifs is 1. The topological polar surface area (TPSA) is 89.5 Å². The molecule has 1 atom stereocenters. The Bertz CT molecular complexity index is 726. The van der Waals surface area contributed by atoms with E-state index in [1.807, 2.05) is 0 Å². The Hall–Kier alpha value is -2.46. The summed E-state index contributed by atoms with van der Waals surface area (Å²) in [5.41, 5.74) is 1.68. The molecule has 21 heavy (non-hydrogen) atoms. The number of hydrogen-bond donors (Lipinski definition) is 0. The smallest absolute Gasteiger partial charge is 0.357 e. The molecule has 1 aliphatic rings. The van der Waals surface area contributed by atoms with E-state index in [0.717, 1.165) is 6.42 Å². The van der Waals surface area contributed by atoms with Crippen molar-refractivity contribution in [2.45, 2.75) is 19.3 Å². The van der Waals surface area contributed by atoms with Gasteiger partial charge in [-0.15, -0.1) is 0 Å². The molecule has 2 aromatic rings. The highest BCUT2D eigenvalue weighted by molar-refractivity contribution is 5.88. The van der Waals surface area contributed by atoms with Crippen molar-refractivity contribution in [3.63, 3.8) is 0 Å². The lowest BCUT2D eigenvalue weighted by Gasteiger charge is -2.03. The number of carbonyl (C=O) groups excluding carboxylic acids is 1. The van der Waals surface area contributed by atoms with Crippen molar-refractivity contribution in [2.75, 3.05) is 19.8 Å². The van der Waals surface area contributed by atoms with E-state index in [-0.39, 0.29) is 18.2 Å². The fourth-order valence-electron chi connectivity index (χ4n) is 2.46. The van der Waals surface area contributed by atoms with Crippen molar-refractivity contribution in [2.24, 2.45) is 0 Å². The molecule has 0 aliphatic carbocycles. The molecule has 0 N–H and O–H groups in total.